The minimum absolute atomic E-state index is 0.0141. The number of hydrogen-bond acceptors (Lipinski definition) is 7. The number of anilines is 3. The molecule has 218 valence electrons. The van der Waals surface area contributed by atoms with E-state index in [-0.39, 0.29) is 29.6 Å². The monoisotopic (exact) mass is 561 g/mol. The van der Waals surface area contributed by atoms with Gasteiger partial charge in [0.2, 0.25) is 11.9 Å². The molecule has 1 aromatic carbocycles. The maximum absolute atomic E-state index is 13.9. The summed E-state index contributed by atoms with van der Waals surface area (Å²) in [5.41, 5.74) is -0.520. The van der Waals surface area contributed by atoms with Gasteiger partial charge in [-0.15, -0.1) is 0 Å². The Labute approximate surface area is 232 Å². The molecular weight excluding hydrogens is 523 g/mol. The van der Waals surface area contributed by atoms with Crippen LogP contribution in [0.3, 0.4) is 0 Å². The van der Waals surface area contributed by atoms with Gasteiger partial charge in [-0.05, 0) is 44.2 Å². The van der Waals surface area contributed by atoms with Crippen LogP contribution in [0.25, 0.3) is 0 Å². The van der Waals surface area contributed by atoms with Gasteiger partial charge in [0.25, 0.3) is 5.91 Å². The average molecular weight is 562 g/mol. The number of alkyl halides is 3. The van der Waals surface area contributed by atoms with Crippen molar-refractivity contribution < 1.29 is 22.8 Å². The van der Waals surface area contributed by atoms with Gasteiger partial charge in [-0.25, -0.2) is 4.98 Å². The molecular formula is C28H38F3N7O2. The molecule has 40 heavy (non-hydrogen) atoms. The molecule has 1 aromatic heterocycles. The number of hydrogen-bond donors (Lipinski definition) is 3. The third kappa shape index (κ3) is 7.41. The van der Waals surface area contributed by atoms with Crippen LogP contribution in [-0.4, -0.2) is 76.9 Å². The van der Waals surface area contributed by atoms with Crippen LogP contribution in [0.5, 0.6) is 0 Å². The van der Waals surface area contributed by atoms with Crippen LogP contribution in [0, 0.1) is 5.41 Å². The van der Waals surface area contributed by atoms with Gasteiger partial charge in [-0.2, -0.15) is 18.2 Å². The number of aromatic nitrogens is 2. The molecule has 0 unspecified atom stereocenters. The van der Waals surface area contributed by atoms with Crippen molar-refractivity contribution in [2.45, 2.75) is 64.7 Å². The zero-order valence-corrected chi connectivity index (χ0v) is 23.4. The summed E-state index contributed by atoms with van der Waals surface area (Å²) in [5.74, 6) is -0.562. The van der Waals surface area contributed by atoms with Crippen LogP contribution >= 0.6 is 0 Å². The molecule has 3 N–H and O–H groups in total. The van der Waals surface area contributed by atoms with Gasteiger partial charge in [-0.3, -0.25) is 9.59 Å². The normalized spacial score (nSPS) is 20.6. The highest BCUT2D eigenvalue weighted by Gasteiger charge is 2.37. The molecule has 2 fully saturated rings. The number of nitrogens with one attached hydrogen (secondary N) is 3. The first-order valence-corrected chi connectivity index (χ1v) is 13.7. The molecule has 0 radical (unpaired) electrons. The van der Waals surface area contributed by atoms with Gasteiger partial charge in [0.1, 0.15) is 11.4 Å². The lowest BCUT2D eigenvalue weighted by Crippen LogP contribution is -2.51. The second kappa shape index (κ2) is 12.0. The van der Waals surface area contributed by atoms with Crippen molar-refractivity contribution >= 4 is 29.3 Å². The molecule has 2 amide bonds. The number of rotatable bonds is 6. The maximum atomic E-state index is 13.9. The van der Waals surface area contributed by atoms with E-state index in [0.29, 0.717) is 37.2 Å². The van der Waals surface area contributed by atoms with Crippen molar-refractivity contribution in [3.05, 3.63) is 41.6 Å². The molecule has 2 aliphatic rings. The van der Waals surface area contributed by atoms with E-state index in [1.165, 1.54) is 0 Å². The standard InChI is InChI=1S/C28H38F3N7O2/c1-27(2,3)25(40)35-22-8-6-5-7-21(22)34-23-20(28(29,30)31)17-32-26(36-23)33-19-11-9-18(10-12-19)24(39)38-15-13-37(4)14-16-38/h9-12,17,21-22H,5-8,13-16H2,1-4H3,(H,35,40)(H2,32,33,34,36)/t21-,22+/m1/s1. The second-order valence-corrected chi connectivity index (χ2v) is 11.6. The first-order chi connectivity index (χ1) is 18.8. The van der Waals surface area contributed by atoms with E-state index in [0.717, 1.165) is 32.1 Å². The molecule has 2 heterocycles. The minimum Gasteiger partial charge on any atom is -0.365 e. The fourth-order valence-electron chi connectivity index (χ4n) is 4.81. The highest BCUT2D eigenvalue weighted by Crippen LogP contribution is 2.35. The zero-order chi connectivity index (χ0) is 29.1. The summed E-state index contributed by atoms with van der Waals surface area (Å²) in [6.45, 7) is 8.35. The first-order valence-electron chi connectivity index (χ1n) is 13.7. The number of halogens is 3. The van der Waals surface area contributed by atoms with Gasteiger partial charge >= 0.3 is 6.18 Å². The van der Waals surface area contributed by atoms with E-state index in [4.69, 9.17) is 0 Å². The number of carbonyl (C=O) groups excluding carboxylic acids is 2. The van der Waals surface area contributed by atoms with E-state index in [1.807, 2.05) is 11.9 Å². The van der Waals surface area contributed by atoms with Crippen molar-refractivity contribution in [3.63, 3.8) is 0 Å². The SMILES string of the molecule is CN1CCN(C(=O)c2ccc(Nc3ncc(C(F)(F)F)c(N[C@@H]4CCCC[C@@H]4NC(=O)C(C)(C)C)n3)cc2)CC1. The van der Waals surface area contributed by atoms with Crippen LogP contribution in [0.1, 0.15) is 62.4 Å². The number of amides is 2. The van der Waals surface area contributed by atoms with Crippen molar-refractivity contribution in [1.82, 2.24) is 25.1 Å². The third-order valence-corrected chi connectivity index (χ3v) is 7.36. The minimum atomic E-state index is -4.66. The topological polar surface area (TPSA) is 102 Å². The van der Waals surface area contributed by atoms with E-state index < -0.39 is 23.2 Å². The number of carbonyl (C=O) groups is 2. The predicted molar refractivity (Wildman–Crippen MR) is 147 cm³/mol. The molecule has 0 spiro atoms. The summed E-state index contributed by atoms with van der Waals surface area (Å²) in [7, 11) is 2.02. The Balaban J connectivity index is 1.50. The lowest BCUT2D eigenvalue weighted by atomic mass is 9.88. The van der Waals surface area contributed by atoms with Gasteiger partial charge in [0.15, 0.2) is 0 Å². The number of piperazine rings is 1. The fourth-order valence-corrected chi connectivity index (χ4v) is 4.81. The summed E-state index contributed by atoms with van der Waals surface area (Å²) >= 11 is 0. The first kappa shape index (κ1) is 29.6. The van der Waals surface area contributed by atoms with Crippen LogP contribution < -0.4 is 16.0 Å². The van der Waals surface area contributed by atoms with Crippen LogP contribution in [-0.2, 0) is 11.0 Å². The summed E-state index contributed by atoms with van der Waals surface area (Å²) in [5, 5.41) is 8.92. The number of nitrogens with zero attached hydrogens (tertiary/aromatic N) is 4. The van der Waals surface area contributed by atoms with Crippen molar-refractivity contribution in [2.75, 3.05) is 43.9 Å². The molecule has 1 saturated heterocycles. The largest absolute Gasteiger partial charge is 0.421 e. The Morgan fingerprint density at radius 1 is 0.950 bits per heavy atom. The maximum Gasteiger partial charge on any atom is 0.421 e. The molecule has 1 aliphatic carbocycles. The zero-order valence-electron chi connectivity index (χ0n) is 23.4. The van der Waals surface area contributed by atoms with Gasteiger partial charge in [0, 0.05) is 61.1 Å². The smallest absolute Gasteiger partial charge is 0.365 e. The van der Waals surface area contributed by atoms with Crippen LogP contribution in [0.4, 0.5) is 30.6 Å². The number of likely N-dealkylation sites (N-methyl/N-ethyl adjacent to an activating group) is 1. The molecule has 9 nitrogen and oxygen atoms in total. The van der Waals surface area contributed by atoms with E-state index in [9.17, 15) is 22.8 Å². The quantitative estimate of drug-likeness (QED) is 0.477. The van der Waals surface area contributed by atoms with Crippen molar-refractivity contribution in [3.8, 4) is 0 Å². The third-order valence-electron chi connectivity index (χ3n) is 7.36. The highest BCUT2D eigenvalue weighted by atomic mass is 19.4. The van der Waals surface area contributed by atoms with Gasteiger partial charge in [-0.1, -0.05) is 33.6 Å². The highest BCUT2D eigenvalue weighted by molar-refractivity contribution is 5.94. The van der Waals surface area contributed by atoms with E-state index >= 15 is 0 Å². The molecule has 12 heteroatoms. The average Bonchev–Trinajstić information content (AvgIpc) is 2.89. The van der Waals surface area contributed by atoms with Gasteiger partial charge < -0.3 is 25.8 Å². The Hall–Kier alpha value is -3.41. The lowest BCUT2D eigenvalue weighted by molar-refractivity contribution is -0.137. The van der Waals surface area contributed by atoms with Crippen LogP contribution in [0.2, 0.25) is 0 Å². The molecule has 4 rings (SSSR count). The summed E-state index contributed by atoms with van der Waals surface area (Å²) in [6, 6.07) is 5.97. The molecule has 2 atom stereocenters. The number of benzene rings is 1. The van der Waals surface area contributed by atoms with Crippen molar-refractivity contribution in [2.24, 2.45) is 5.41 Å². The summed E-state index contributed by atoms with van der Waals surface area (Å²) in [6.07, 6.45) is -0.933. The Kier molecular flexibility index (Phi) is 8.86. The van der Waals surface area contributed by atoms with Crippen LogP contribution in [0.15, 0.2) is 30.5 Å². The van der Waals surface area contributed by atoms with Gasteiger partial charge in [0.05, 0.1) is 0 Å². The Bertz CT molecular complexity index is 1190. The Morgan fingerprint density at radius 2 is 1.57 bits per heavy atom. The molecule has 1 saturated carbocycles. The second-order valence-electron chi connectivity index (χ2n) is 11.6. The summed E-state index contributed by atoms with van der Waals surface area (Å²) < 4.78 is 41.6. The molecule has 1 aliphatic heterocycles. The molecule has 2 aromatic rings. The van der Waals surface area contributed by atoms with E-state index in [2.05, 4.69) is 30.8 Å². The lowest BCUT2D eigenvalue weighted by Gasteiger charge is -2.35. The predicted octanol–water partition coefficient (Wildman–Crippen LogP) is 4.51. The Morgan fingerprint density at radius 3 is 2.17 bits per heavy atom. The summed E-state index contributed by atoms with van der Waals surface area (Å²) in [4.78, 5) is 37.5. The molecule has 0 bridgehead atoms. The van der Waals surface area contributed by atoms with E-state index in [1.54, 1.807) is 45.0 Å². The fraction of sp³-hybridized carbons (Fsp3) is 0.571. The van der Waals surface area contributed by atoms with Crippen molar-refractivity contribution in [1.29, 1.82) is 0 Å².